The van der Waals surface area contributed by atoms with Crippen molar-refractivity contribution in [3.63, 3.8) is 0 Å². The SMILES string of the molecule is C=C1CC(C2=CC=C(O)CC2)N1c1ccc(F)cc1. The lowest BCUT2D eigenvalue weighted by Crippen LogP contribution is -2.46. The highest BCUT2D eigenvalue weighted by Crippen LogP contribution is 2.40. The minimum Gasteiger partial charge on any atom is -0.512 e. The van der Waals surface area contributed by atoms with Gasteiger partial charge in [-0.25, -0.2) is 4.39 Å². The van der Waals surface area contributed by atoms with Crippen molar-refractivity contribution in [1.82, 2.24) is 0 Å². The maximum atomic E-state index is 13.0. The molecule has 19 heavy (non-hydrogen) atoms. The van der Waals surface area contributed by atoms with Crippen LogP contribution < -0.4 is 4.90 Å². The van der Waals surface area contributed by atoms with Crippen LogP contribution in [0.1, 0.15) is 19.3 Å². The topological polar surface area (TPSA) is 23.5 Å². The molecule has 98 valence electrons. The fourth-order valence-electron chi connectivity index (χ4n) is 2.70. The van der Waals surface area contributed by atoms with E-state index in [4.69, 9.17) is 0 Å². The molecule has 0 spiro atoms. The van der Waals surface area contributed by atoms with Crippen molar-refractivity contribution in [3.05, 3.63) is 65.8 Å². The number of hydrogen-bond donors (Lipinski definition) is 1. The Kier molecular flexibility index (Phi) is 2.90. The number of anilines is 1. The molecule has 1 fully saturated rings. The zero-order chi connectivity index (χ0) is 13.4. The Bertz CT molecular complexity index is 571. The quantitative estimate of drug-likeness (QED) is 0.863. The van der Waals surface area contributed by atoms with Crippen LogP contribution in [0.3, 0.4) is 0 Å². The van der Waals surface area contributed by atoms with Crippen LogP contribution >= 0.6 is 0 Å². The van der Waals surface area contributed by atoms with E-state index in [1.54, 1.807) is 18.2 Å². The van der Waals surface area contributed by atoms with Crippen LogP contribution in [0.4, 0.5) is 10.1 Å². The average molecular weight is 257 g/mol. The maximum absolute atomic E-state index is 13.0. The molecule has 3 heteroatoms. The van der Waals surface area contributed by atoms with Gasteiger partial charge in [0.2, 0.25) is 0 Å². The van der Waals surface area contributed by atoms with Gasteiger partial charge in [0.05, 0.1) is 11.8 Å². The molecule has 0 radical (unpaired) electrons. The molecule has 0 saturated carbocycles. The van der Waals surface area contributed by atoms with Gasteiger partial charge in [-0.1, -0.05) is 12.7 Å². The molecular formula is C16H16FNO. The summed E-state index contributed by atoms with van der Waals surface area (Å²) >= 11 is 0. The molecule has 1 atom stereocenters. The number of aliphatic hydroxyl groups excluding tert-OH is 1. The molecule has 2 aliphatic rings. The highest BCUT2D eigenvalue weighted by Gasteiger charge is 2.35. The van der Waals surface area contributed by atoms with Crippen LogP contribution in [0.15, 0.2) is 60.0 Å². The summed E-state index contributed by atoms with van der Waals surface area (Å²) in [5.74, 6) is 0.214. The Morgan fingerprint density at radius 2 is 1.89 bits per heavy atom. The summed E-state index contributed by atoms with van der Waals surface area (Å²) in [5.41, 5.74) is 3.33. The molecule has 1 heterocycles. The molecule has 1 aliphatic heterocycles. The lowest BCUT2D eigenvalue weighted by Gasteiger charge is -2.46. The second-order valence-corrected chi connectivity index (χ2v) is 5.03. The van der Waals surface area contributed by atoms with E-state index < -0.39 is 0 Å². The van der Waals surface area contributed by atoms with Gasteiger partial charge in [-0.15, -0.1) is 0 Å². The van der Waals surface area contributed by atoms with Crippen molar-refractivity contribution >= 4 is 5.69 Å². The van der Waals surface area contributed by atoms with E-state index in [0.717, 1.165) is 24.2 Å². The third kappa shape index (κ3) is 2.16. The summed E-state index contributed by atoms with van der Waals surface area (Å²) in [6.45, 7) is 4.04. The number of rotatable bonds is 2. The van der Waals surface area contributed by atoms with E-state index in [1.807, 2.05) is 6.08 Å². The monoisotopic (exact) mass is 257 g/mol. The van der Waals surface area contributed by atoms with Crippen molar-refractivity contribution in [1.29, 1.82) is 0 Å². The predicted molar refractivity (Wildman–Crippen MR) is 74.5 cm³/mol. The zero-order valence-corrected chi connectivity index (χ0v) is 10.6. The molecule has 0 aromatic heterocycles. The van der Waals surface area contributed by atoms with Gasteiger partial charge in [-0.2, -0.15) is 0 Å². The molecule has 1 N–H and O–H groups in total. The van der Waals surface area contributed by atoms with Crippen LogP contribution in [0.5, 0.6) is 0 Å². The van der Waals surface area contributed by atoms with Crippen LogP contribution in [-0.4, -0.2) is 11.1 Å². The summed E-state index contributed by atoms with van der Waals surface area (Å²) in [6.07, 6.45) is 6.26. The maximum Gasteiger partial charge on any atom is 0.123 e. The first-order valence-electron chi connectivity index (χ1n) is 6.46. The Hall–Kier alpha value is -2.03. The fourth-order valence-corrected chi connectivity index (χ4v) is 2.70. The van der Waals surface area contributed by atoms with E-state index in [9.17, 15) is 9.50 Å². The van der Waals surface area contributed by atoms with Crippen molar-refractivity contribution < 1.29 is 9.50 Å². The number of benzene rings is 1. The summed E-state index contributed by atoms with van der Waals surface area (Å²) in [4.78, 5) is 2.14. The predicted octanol–water partition coefficient (Wildman–Crippen LogP) is 4.08. The molecule has 1 unspecified atom stereocenters. The number of nitrogens with zero attached hydrogens (tertiary/aromatic N) is 1. The second kappa shape index (κ2) is 4.57. The number of halogens is 1. The van der Waals surface area contributed by atoms with Crippen molar-refractivity contribution in [2.75, 3.05) is 4.90 Å². The summed E-state index contributed by atoms with van der Waals surface area (Å²) in [5, 5.41) is 9.41. The Balaban J connectivity index is 1.85. The van der Waals surface area contributed by atoms with E-state index in [-0.39, 0.29) is 5.82 Å². The van der Waals surface area contributed by atoms with Gasteiger partial charge in [-0.3, -0.25) is 0 Å². The molecule has 0 amide bonds. The average Bonchev–Trinajstić information content (AvgIpc) is 2.40. The molecule has 0 bridgehead atoms. The van der Waals surface area contributed by atoms with Crippen LogP contribution in [-0.2, 0) is 0 Å². The Labute approximate surface area is 112 Å². The second-order valence-electron chi connectivity index (χ2n) is 5.03. The number of allylic oxidation sites excluding steroid dienone is 3. The first kappa shape index (κ1) is 12.0. The number of hydrogen-bond acceptors (Lipinski definition) is 2. The molecule has 1 aliphatic carbocycles. The van der Waals surface area contributed by atoms with Gasteiger partial charge < -0.3 is 10.0 Å². The molecule has 1 aromatic carbocycles. The van der Waals surface area contributed by atoms with Gasteiger partial charge in [0.15, 0.2) is 0 Å². The molecular weight excluding hydrogens is 241 g/mol. The van der Waals surface area contributed by atoms with Gasteiger partial charge in [0, 0.05) is 24.2 Å². The van der Waals surface area contributed by atoms with Crippen LogP contribution in [0.2, 0.25) is 0 Å². The van der Waals surface area contributed by atoms with Crippen LogP contribution in [0.25, 0.3) is 0 Å². The summed E-state index contributed by atoms with van der Waals surface area (Å²) < 4.78 is 13.0. The fraction of sp³-hybridized carbons (Fsp3) is 0.250. The van der Waals surface area contributed by atoms with E-state index in [1.165, 1.54) is 17.7 Å². The van der Waals surface area contributed by atoms with Crippen molar-refractivity contribution in [3.8, 4) is 0 Å². The lowest BCUT2D eigenvalue weighted by molar-refractivity contribution is 0.382. The Morgan fingerprint density at radius 1 is 1.16 bits per heavy atom. The van der Waals surface area contributed by atoms with Gasteiger partial charge in [0.1, 0.15) is 5.82 Å². The summed E-state index contributed by atoms with van der Waals surface area (Å²) in [6, 6.07) is 6.80. The minimum absolute atomic E-state index is 0.226. The first-order chi connectivity index (χ1) is 9.15. The molecule has 2 nitrogen and oxygen atoms in total. The summed E-state index contributed by atoms with van der Waals surface area (Å²) in [7, 11) is 0. The van der Waals surface area contributed by atoms with Crippen molar-refractivity contribution in [2.24, 2.45) is 0 Å². The van der Waals surface area contributed by atoms with E-state index in [0.29, 0.717) is 18.2 Å². The highest BCUT2D eigenvalue weighted by atomic mass is 19.1. The first-order valence-corrected chi connectivity index (χ1v) is 6.46. The van der Waals surface area contributed by atoms with E-state index in [2.05, 4.69) is 11.5 Å². The van der Waals surface area contributed by atoms with Gasteiger partial charge >= 0.3 is 0 Å². The van der Waals surface area contributed by atoms with Gasteiger partial charge in [0.25, 0.3) is 0 Å². The molecule has 1 aromatic rings. The zero-order valence-electron chi connectivity index (χ0n) is 10.6. The number of aliphatic hydroxyl groups is 1. The Morgan fingerprint density at radius 3 is 2.47 bits per heavy atom. The smallest absolute Gasteiger partial charge is 0.123 e. The molecule has 3 rings (SSSR count). The standard InChI is InChI=1S/C16H16FNO/c1-11-10-16(12-2-8-15(19)9-3-12)18(11)14-6-4-13(17)5-7-14/h2,4-8,16,19H,1,3,9-10H2. The largest absolute Gasteiger partial charge is 0.512 e. The highest BCUT2D eigenvalue weighted by molar-refractivity contribution is 5.60. The van der Waals surface area contributed by atoms with E-state index >= 15 is 0 Å². The van der Waals surface area contributed by atoms with Crippen molar-refractivity contribution in [2.45, 2.75) is 25.3 Å². The molecule has 1 saturated heterocycles. The third-order valence-electron chi connectivity index (χ3n) is 3.77. The van der Waals surface area contributed by atoms with Crippen LogP contribution in [0, 0.1) is 5.82 Å². The third-order valence-corrected chi connectivity index (χ3v) is 3.77. The minimum atomic E-state index is -0.226. The van der Waals surface area contributed by atoms with Gasteiger partial charge in [-0.05, 0) is 42.3 Å². The lowest BCUT2D eigenvalue weighted by atomic mass is 9.86. The normalized spacial score (nSPS) is 22.7.